The zero-order valence-corrected chi connectivity index (χ0v) is 24.8. The molecule has 0 aromatic heterocycles. The fourth-order valence-electron chi connectivity index (χ4n) is 4.91. The van der Waals surface area contributed by atoms with Gasteiger partial charge in [0.1, 0.15) is 12.2 Å². The second-order valence-electron chi connectivity index (χ2n) is 10.5. The van der Waals surface area contributed by atoms with Crippen LogP contribution in [0.1, 0.15) is 71.0 Å². The van der Waals surface area contributed by atoms with E-state index in [1.807, 2.05) is 0 Å². The summed E-state index contributed by atoms with van der Waals surface area (Å²) in [6.07, 6.45) is -3.83. The van der Waals surface area contributed by atoms with Crippen molar-refractivity contribution < 1.29 is 51.9 Å². The average molecular weight is 576 g/mol. The van der Waals surface area contributed by atoms with E-state index in [9.17, 15) is 44.4 Å². The third-order valence-electron chi connectivity index (χ3n) is 7.89. The van der Waals surface area contributed by atoms with Crippen molar-refractivity contribution in [2.24, 2.45) is 11.8 Å². The molecule has 0 aromatic rings. The lowest BCUT2D eigenvalue weighted by atomic mass is 9.60. The van der Waals surface area contributed by atoms with Crippen LogP contribution in [0.15, 0.2) is 0 Å². The Morgan fingerprint density at radius 1 is 0.825 bits per heavy atom. The van der Waals surface area contributed by atoms with Gasteiger partial charge in [0, 0.05) is 16.8 Å². The molecular formula is C27H47N3O10. The first kappa shape index (κ1) is 33.5. The molecule has 5 N–H and O–H groups in total. The molecule has 2 amide bonds. The number of Topliss-reactive ketones (excluding diaryl/α,β-unsaturated/α-hetero) is 3. The molecule has 0 aliphatic carbocycles. The quantitative estimate of drug-likeness (QED) is 0.147. The minimum atomic E-state index is -3.35. The maximum Gasteiger partial charge on any atom is 0.343 e. The van der Waals surface area contributed by atoms with Crippen molar-refractivity contribution in [1.82, 2.24) is 15.1 Å². The Bertz CT molecular complexity index is 1040. The Kier molecular flexibility index (Phi) is 11.5. The van der Waals surface area contributed by atoms with E-state index >= 15 is 4.79 Å². The number of carbonyl (C=O) groups excluding carboxylic acids is 5. The predicted molar refractivity (Wildman–Crippen MR) is 145 cm³/mol. The number of nitrogens with one attached hydrogen (secondary N) is 1. The third kappa shape index (κ3) is 5.97. The van der Waals surface area contributed by atoms with Crippen LogP contribution in [0.2, 0.25) is 0 Å². The number of hydrogen-bond acceptors (Lipinski definition) is 10. The predicted octanol–water partition coefficient (Wildman–Crippen LogP) is -0.615. The van der Waals surface area contributed by atoms with Crippen molar-refractivity contribution in [2.75, 3.05) is 21.1 Å². The molecular weight excluding hydrogens is 526 g/mol. The molecule has 0 aliphatic rings. The number of amides is 2. The molecule has 0 spiro atoms. The second kappa shape index (κ2) is 13.7. The highest BCUT2D eigenvalue weighted by Crippen LogP contribution is 2.42. The lowest BCUT2D eigenvalue weighted by molar-refractivity contribution is -0.182. The largest absolute Gasteiger partial charge is 0.479 e. The highest BCUT2D eigenvalue weighted by atomic mass is 16.4. The van der Waals surface area contributed by atoms with Crippen LogP contribution >= 0.6 is 0 Å². The van der Waals surface area contributed by atoms with Gasteiger partial charge in [-0.1, -0.05) is 40.5 Å². The second-order valence-corrected chi connectivity index (χ2v) is 10.5. The number of hydrogen-bond donors (Lipinski definition) is 5. The van der Waals surface area contributed by atoms with Crippen LogP contribution < -0.4 is 5.32 Å². The minimum Gasteiger partial charge on any atom is -0.479 e. The number of carbonyl (C=O) groups is 6. The topological polar surface area (TPSA) is 202 Å². The summed E-state index contributed by atoms with van der Waals surface area (Å²) < 4.78 is 15.7. The summed E-state index contributed by atoms with van der Waals surface area (Å²) >= 11 is 0. The SMILES string of the molecule is [2H]CN[C@@H](C)C(=O)[C@@](C(=O)[C@@](C(=O)[C@@](C)(O)C(=O)O)([C@@H](C)CC)N(C[2H])C(=O)[C@H](C)O)([C@@H](C)CC)N(C)C(=O)[C@H](C)O. The van der Waals surface area contributed by atoms with Crippen LogP contribution in [0.25, 0.3) is 0 Å². The highest BCUT2D eigenvalue weighted by Gasteiger charge is 2.69. The molecule has 0 bridgehead atoms. The van der Waals surface area contributed by atoms with E-state index in [1.54, 1.807) is 6.92 Å². The number of aliphatic hydroxyl groups is 3. The Hall–Kier alpha value is -2.74. The van der Waals surface area contributed by atoms with Crippen molar-refractivity contribution in [3.63, 3.8) is 0 Å². The number of ketones is 3. The molecule has 40 heavy (non-hydrogen) atoms. The molecule has 0 rings (SSSR count). The summed E-state index contributed by atoms with van der Waals surface area (Å²) in [6, 6.07) is -1.33. The van der Waals surface area contributed by atoms with Crippen LogP contribution in [-0.4, -0.2) is 121 Å². The van der Waals surface area contributed by atoms with E-state index in [0.29, 0.717) is 16.7 Å². The maximum atomic E-state index is 15.4. The van der Waals surface area contributed by atoms with E-state index < -0.39 is 95.9 Å². The zero-order valence-electron chi connectivity index (χ0n) is 26.8. The molecule has 0 heterocycles. The molecule has 0 fully saturated rings. The first-order chi connectivity index (χ1) is 19.2. The van der Waals surface area contributed by atoms with Gasteiger partial charge in [-0.3, -0.25) is 24.0 Å². The van der Waals surface area contributed by atoms with Crippen molar-refractivity contribution in [3.05, 3.63) is 0 Å². The van der Waals surface area contributed by atoms with Crippen LogP contribution in [0.3, 0.4) is 0 Å². The molecule has 8 atom stereocenters. The molecule has 13 heteroatoms. The van der Waals surface area contributed by atoms with E-state index in [-0.39, 0.29) is 12.8 Å². The van der Waals surface area contributed by atoms with Crippen molar-refractivity contribution >= 4 is 35.1 Å². The van der Waals surface area contributed by atoms with Crippen LogP contribution in [0, 0.1) is 11.8 Å². The summed E-state index contributed by atoms with van der Waals surface area (Å²) in [7, 11) is -0.665. The number of carboxylic acids is 1. The Balaban J connectivity index is 8.72. The molecule has 0 saturated carbocycles. The molecule has 0 aromatic carbocycles. The van der Waals surface area contributed by atoms with Crippen molar-refractivity contribution in [2.45, 2.75) is 103 Å². The number of aliphatic hydroxyl groups excluding tert-OH is 2. The molecule has 230 valence electrons. The Labute approximate surface area is 238 Å². The third-order valence-corrected chi connectivity index (χ3v) is 7.89. The first-order valence-electron chi connectivity index (χ1n) is 14.5. The zero-order chi connectivity index (χ0) is 33.5. The van der Waals surface area contributed by atoms with E-state index in [2.05, 4.69) is 5.32 Å². The normalized spacial score (nSPS) is 20.5. The molecule has 0 aliphatic heterocycles. The number of nitrogens with zero attached hydrogens (tertiary/aromatic N) is 2. The standard InChI is InChI=1S/C27H47N3O10/c1-12-14(3)26(19(33)16(5)28-9,29(10)20(34)17(6)31)23(37)27(15(4)13-2,30(11)21(35)18(7)32)22(36)25(8,40)24(38)39/h14-18,28,31-32,40H,12-13H2,1-11H3,(H,38,39)/t14-,15-,16-,17-,18-,25+,26+,27-/m0/s1/i9D,11D. The van der Waals surface area contributed by atoms with Gasteiger partial charge in [-0.05, 0) is 46.6 Å². The molecule has 0 saturated heterocycles. The van der Waals surface area contributed by atoms with Gasteiger partial charge in [0.05, 0.1) is 6.04 Å². The highest BCUT2D eigenvalue weighted by molar-refractivity contribution is 6.30. The fourth-order valence-corrected chi connectivity index (χ4v) is 4.91. The summed E-state index contributed by atoms with van der Waals surface area (Å²) in [5.41, 5.74) is -9.17. The van der Waals surface area contributed by atoms with Crippen molar-refractivity contribution in [3.8, 4) is 0 Å². The monoisotopic (exact) mass is 575 g/mol. The van der Waals surface area contributed by atoms with Gasteiger partial charge in [-0.15, -0.1) is 0 Å². The van der Waals surface area contributed by atoms with Gasteiger partial charge in [0.15, 0.2) is 22.6 Å². The Morgan fingerprint density at radius 3 is 1.60 bits per heavy atom. The number of aliphatic carboxylic acids is 1. The fraction of sp³-hybridized carbons (Fsp3) is 0.778. The van der Waals surface area contributed by atoms with Gasteiger partial charge >= 0.3 is 5.97 Å². The van der Waals surface area contributed by atoms with Crippen LogP contribution in [-0.2, 0) is 28.8 Å². The first-order valence-corrected chi connectivity index (χ1v) is 13.0. The Morgan fingerprint density at radius 2 is 1.25 bits per heavy atom. The number of carboxylic acid groups (broad SMARTS) is 1. The summed E-state index contributed by atoms with van der Waals surface area (Å²) in [4.78, 5) is 84.1. The lowest BCUT2D eigenvalue weighted by Gasteiger charge is -2.53. The average Bonchev–Trinajstić information content (AvgIpc) is 2.93. The van der Waals surface area contributed by atoms with Gasteiger partial charge < -0.3 is 35.5 Å². The molecule has 0 unspecified atom stereocenters. The van der Waals surface area contributed by atoms with Crippen LogP contribution in [0.4, 0.5) is 0 Å². The minimum absolute atomic E-state index is 0.00612. The summed E-state index contributed by atoms with van der Waals surface area (Å²) in [6.45, 7) is 9.67. The lowest BCUT2D eigenvalue weighted by Crippen LogP contribution is -2.80. The van der Waals surface area contributed by atoms with Gasteiger partial charge in [0.25, 0.3) is 11.8 Å². The number of likely N-dealkylation sites (N-methyl/N-ethyl adjacent to an activating group) is 3. The smallest absolute Gasteiger partial charge is 0.343 e. The molecule has 13 nitrogen and oxygen atoms in total. The summed E-state index contributed by atoms with van der Waals surface area (Å²) in [5, 5.41) is 43.8. The van der Waals surface area contributed by atoms with Gasteiger partial charge in [-0.25, -0.2) is 4.79 Å². The van der Waals surface area contributed by atoms with Gasteiger partial charge in [0.2, 0.25) is 11.4 Å². The molecule has 0 radical (unpaired) electrons. The summed E-state index contributed by atoms with van der Waals surface area (Å²) in [5.74, 6) is -11.4. The van der Waals surface area contributed by atoms with E-state index in [4.69, 9.17) is 2.74 Å². The van der Waals surface area contributed by atoms with Gasteiger partial charge in [-0.2, -0.15) is 0 Å². The number of rotatable bonds is 16. The maximum absolute atomic E-state index is 15.4. The van der Waals surface area contributed by atoms with E-state index in [0.717, 1.165) is 20.9 Å². The van der Waals surface area contributed by atoms with Crippen molar-refractivity contribution in [1.29, 1.82) is 0 Å². The van der Waals surface area contributed by atoms with E-state index in [1.165, 1.54) is 27.7 Å². The van der Waals surface area contributed by atoms with Crippen LogP contribution in [0.5, 0.6) is 0 Å².